The smallest absolute Gasteiger partial charge is 0.163 e. The van der Waals surface area contributed by atoms with Gasteiger partial charge >= 0.3 is 0 Å². The van der Waals surface area contributed by atoms with E-state index in [9.17, 15) is 0 Å². The van der Waals surface area contributed by atoms with Gasteiger partial charge in [0.2, 0.25) is 0 Å². The molecule has 1 N–H and O–H groups in total. The molecule has 2 aromatic heterocycles. The van der Waals surface area contributed by atoms with Gasteiger partial charge in [0.15, 0.2) is 11.5 Å². The fraction of sp³-hybridized carbons (Fsp3) is 0.214. The molecule has 0 amide bonds. The molecule has 0 saturated heterocycles. The maximum absolute atomic E-state index is 5.69. The van der Waals surface area contributed by atoms with Crippen molar-refractivity contribution in [2.75, 3.05) is 13.2 Å². The minimum atomic E-state index is 0.695. The fourth-order valence-electron chi connectivity index (χ4n) is 2.20. The Morgan fingerprint density at radius 1 is 1.16 bits per heavy atom. The number of H-pyrrole nitrogens is 1. The van der Waals surface area contributed by atoms with E-state index in [4.69, 9.17) is 9.47 Å². The number of aromatic nitrogens is 2. The Bertz CT molecular complexity index is 675. The highest BCUT2D eigenvalue weighted by molar-refractivity contribution is 7.08. The van der Waals surface area contributed by atoms with Gasteiger partial charge in [-0.1, -0.05) is 0 Å². The summed E-state index contributed by atoms with van der Waals surface area (Å²) in [5.74, 6) is 2.47. The molecule has 0 unspecified atom stereocenters. The van der Waals surface area contributed by atoms with Crippen molar-refractivity contribution in [2.45, 2.75) is 6.42 Å². The first-order valence-corrected chi connectivity index (χ1v) is 7.16. The molecule has 4 nitrogen and oxygen atoms in total. The van der Waals surface area contributed by atoms with Gasteiger partial charge in [-0.15, -0.1) is 0 Å². The van der Waals surface area contributed by atoms with Crippen LogP contribution in [0.5, 0.6) is 11.5 Å². The number of fused-ring (bicyclic) bond motifs is 2. The molecule has 1 aliphatic rings. The van der Waals surface area contributed by atoms with Gasteiger partial charge in [0, 0.05) is 29.5 Å². The second-order valence-electron chi connectivity index (χ2n) is 4.46. The number of nitrogens with one attached hydrogen (secondary N) is 1. The topological polar surface area (TPSA) is 47.1 Å². The van der Waals surface area contributed by atoms with Gasteiger partial charge in [0.25, 0.3) is 0 Å². The number of imidazole rings is 1. The van der Waals surface area contributed by atoms with E-state index in [1.807, 2.05) is 17.5 Å². The van der Waals surface area contributed by atoms with E-state index in [1.54, 1.807) is 11.3 Å². The summed E-state index contributed by atoms with van der Waals surface area (Å²) < 4.78 is 11.4. The molecule has 0 spiro atoms. The first-order valence-electron chi connectivity index (χ1n) is 6.22. The van der Waals surface area contributed by atoms with Crippen LogP contribution < -0.4 is 9.47 Å². The van der Waals surface area contributed by atoms with Gasteiger partial charge in [-0.05, 0) is 11.4 Å². The molecule has 5 heteroatoms. The third kappa shape index (κ3) is 1.86. The van der Waals surface area contributed by atoms with Crippen LogP contribution in [-0.4, -0.2) is 23.2 Å². The summed E-state index contributed by atoms with van der Waals surface area (Å²) in [7, 11) is 0. The van der Waals surface area contributed by atoms with Crippen molar-refractivity contribution in [2.24, 2.45) is 0 Å². The Hall–Kier alpha value is -2.01. The summed E-state index contributed by atoms with van der Waals surface area (Å²) in [6.07, 6.45) is 0.913. The summed E-state index contributed by atoms with van der Waals surface area (Å²) in [6.45, 7) is 1.39. The van der Waals surface area contributed by atoms with Crippen LogP contribution in [0.1, 0.15) is 6.42 Å². The molecule has 1 aromatic carbocycles. The van der Waals surface area contributed by atoms with Crippen LogP contribution in [-0.2, 0) is 0 Å². The van der Waals surface area contributed by atoms with E-state index in [1.165, 1.54) is 0 Å². The molecule has 4 rings (SSSR count). The first kappa shape index (κ1) is 10.9. The summed E-state index contributed by atoms with van der Waals surface area (Å²) in [5, 5.41) is 4.12. The van der Waals surface area contributed by atoms with Crippen molar-refractivity contribution in [3.63, 3.8) is 0 Å². The Morgan fingerprint density at radius 3 is 2.79 bits per heavy atom. The van der Waals surface area contributed by atoms with Gasteiger partial charge in [-0.25, -0.2) is 4.98 Å². The van der Waals surface area contributed by atoms with Crippen LogP contribution in [0, 0.1) is 0 Å². The number of hydrogen-bond donors (Lipinski definition) is 1. The molecule has 0 saturated carbocycles. The lowest BCUT2D eigenvalue weighted by Gasteiger charge is -2.05. The average molecular weight is 272 g/mol. The molecule has 0 aliphatic carbocycles. The largest absolute Gasteiger partial charge is 0.489 e. The number of nitrogens with zero attached hydrogens (tertiary/aromatic N) is 1. The van der Waals surface area contributed by atoms with Gasteiger partial charge in [0.1, 0.15) is 5.82 Å². The highest BCUT2D eigenvalue weighted by Crippen LogP contribution is 2.34. The molecule has 0 bridgehead atoms. The van der Waals surface area contributed by atoms with Crippen LogP contribution in [0.2, 0.25) is 0 Å². The molecule has 3 heterocycles. The minimum Gasteiger partial charge on any atom is -0.489 e. The number of rotatable bonds is 1. The molecule has 0 atom stereocenters. The van der Waals surface area contributed by atoms with Gasteiger partial charge in [0.05, 0.1) is 24.2 Å². The monoisotopic (exact) mass is 272 g/mol. The summed E-state index contributed by atoms with van der Waals surface area (Å²) in [6, 6.07) is 5.97. The third-order valence-electron chi connectivity index (χ3n) is 3.15. The van der Waals surface area contributed by atoms with E-state index in [0.29, 0.717) is 13.2 Å². The second kappa shape index (κ2) is 4.28. The normalized spacial score (nSPS) is 14.5. The quantitative estimate of drug-likeness (QED) is 0.738. The van der Waals surface area contributed by atoms with Gasteiger partial charge < -0.3 is 14.5 Å². The molecule has 3 aromatic rings. The predicted molar refractivity (Wildman–Crippen MR) is 75.0 cm³/mol. The van der Waals surface area contributed by atoms with Crippen molar-refractivity contribution in [1.29, 1.82) is 0 Å². The zero-order valence-corrected chi connectivity index (χ0v) is 11.0. The Morgan fingerprint density at radius 2 is 2.00 bits per heavy atom. The summed E-state index contributed by atoms with van der Waals surface area (Å²) >= 11 is 1.66. The van der Waals surface area contributed by atoms with E-state index < -0.39 is 0 Å². The van der Waals surface area contributed by atoms with E-state index in [2.05, 4.69) is 21.4 Å². The molecule has 1 aliphatic heterocycles. The average Bonchev–Trinajstić information content (AvgIpc) is 3.01. The maximum Gasteiger partial charge on any atom is 0.163 e. The standard InChI is InChI=1S/C14H12N2O2S/c1-3-17-12-6-10-11(7-13(12)18-4-1)16-14(15-10)9-2-5-19-8-9/h2,5-8H,1,3-4H2,(H,15,16). The first-order chi connectivity index (χ1) is 9.40. The fourth-order valence-corrected chi connectivity index (χ4v) is 2.84. The van der Waals surface area contributed by atoms with Gasteiger partial charge in [-0.3, -0.25) is 0 Å². The molecule has 19 heavy (non-hydrogen) atoms. The zero-order chi connectivity index (χ0) is 12.7. The number of ether oxygens (including phenoxy) is 2. The molecular formula is C14H12N2O2S. The summed E-state index contributed by atoms with van der Waals surface area (Å²) in [5.41, 5.74) is 2.99. The zero-order valence-electron chi connectivity index (χ0n) is 10.2. The van der Waals surface area contributed by atoms with Crippen molar-refractivity contribution in [3.05, 3.63) is 29.0 Å². The lowest BCUT2D eigenvalue weighted by molar-refractivity contribution is 0.297. The lowest BCUT2D eigenvalue weighted by atomic mass is 10.3. The predicted octanol–water partition coefficient (Wildman–Crippen LogP) is 3.45. The van der Waals surface area contributed by atoms with E-state index in [0.717, 1.165) is 40.3 Å². The Balaban J connectivity index is 1.86. The minimum absolute atomic E-state index is 0.695. The van der Waals surface area contributed by atoms with Crippen molar-refractivity contribution >= 4 is 22.4 Å². The van der Waals surface area contributed by atoms with Crippen LogP contribution in [0.15, 0.2) is 29.0 Å². The highest BCUT2D eigenvalue weighted by atomic mass is 32.1. The number of benzene rings is 1. The van der Waals surface area contributed by atoms with Crippen LogP contribution in [0.4, 0.5) is 0 Å². The van der Waals surface area contributed by atoms with Crippen molar-refractivity contribution in [3.8, 4) is 22.9 Å². The maximum atomic E-state index is 5.69. The molecule has 0 radical (unpaired) electrons. The Labute approximate surface area is 114 Å². The lowest BCUT2D eigenvalue weighted by Crippen LogP contribution is -1.97. The van der Waals surface area contributed by atoms with Crippen molar-refractivity contribution < 1.29 is 9.47 Å². The second-order valence-corrected chi connectivity index (χ2v) is 5.24. The Kier molecular flexibility index (Phi) is 2.45. The van der Waals surface area contributed by atoms with E-state index in [-0.39, 0.29) is 0 Å². The number of aromatic amines is 1. The highest BCUT2D eigenvalue weighted by Gasteiger charge is 2.14. The number of thiophene rings is 1. The molecular weight excluding hydrogens is 260 g/mol. The van der Waals surface area contributed by atoms with Crippen LogP contribution in [0.3, 0.4) is 0 Å². The van der Waals surface area contributed by atoms with Crippen molar-refractivity contribution in [1.82, 2.24) is 9.97 Å². The third-order valence-corrected chi connectivity index (χ3v) is 3.83. The molecule has 0 fully saturated rings. The number of hydrogen-bond acceptors (Lipinski definition) is 4. The van der Waals surface area contributed by atoms with E-state index >= 15 is 0 Å². The van der Waals surface area contributed by atoms with Gasteiger partial charge in [-0.2, -0.15) is 11.3 Å². The SMILES string of the molecule is c1cc(-c2nc3cc4c(cc3[nH]2)OCCCO4)cs1. The molecule has 96 valence electrons. The summed E-state index contributed by atoms with van der Waals surface area (Å²) in [4.78, 5) is 7.94. The van der Waals surface area contributed by atoms with Crippen LogP contribution in [0.25, 0.3) is 22.4 Å². The van der Waals surface area contributed by atoms with Crippen LogP contribution >= 0.6 is 11.3 Å².